The van der Waals surface area contributed by atoms with E-state index in [0.717, 1.165) is 0 Å². The third kappa shape index (κ3) is 2.76. The molecule has 5 nitrogen and oxygen atoms in total. The van der Waals surface area contributed by atoms with Gasteiger partial charge in [0.2, 0.25) is 0 Å². The van der Waals surface area contributed by atoms with Gasteiger partial charge in [-0.25, -0.2) is 0 Å². The molecule has 2 aromatic rings. The van der Waals surface area contributed by atoms with Crippen LogP contribution in [0.4, 0.5) is 11.4 Å². The van der Waals surface area contributed by atoms with Crippen LogP contribution in [0.3, 0.4) is 0 Å². The maximum Gasteiger partial charge on any atom is 0.280 e. The number of anilines is 1. The number of carbonyl (C=O) groups excluding carboxylic acids is 1. The van der Waals surface area contributed by atoms with Crippen LogP contribution in [-0.2, 0) is 4.79 Å². The number of para-hydroxylation sites is 1. The van der Waals surface area contributed by atoms with Gasteiger partial charge in [0, 0.05) is 0 Å². The van der Waals surface area contributed by atoms with Crippen LogP contribution in [0.1, 0.15) is 6.92 Å². The van der Waals surface area contributed by atoms with Gasteiger partial charge in [-0.05, 0) is 31.2 Å². The van der Waals surface area contributed by atoms with Gasteiger partial charge in [-0.1, -0.05) is 41.9 Å². The summed E-state index contributed by atoms with van der Waals surface area (Å²) in [6.07, 6.45) is 0. The van der Waals surface area contributed by atoms with E-state index in [2.05, 4.69) is 15.3 Å². The molecular weight excluding hydrogens is 300 g/mol. The number of hydrazone groups is 1. The Bertz CT molecular complexity index is 758. The molecule has 1 amide bonds. The molecule has 1 atom stereocenters. The first kappa shape index (κ1) is 14.4. The van der Waals surface area contributed by atoms with E-state index in [1.54, 1.807) is 19.1 Å². The van der Waals surface area contributed by atoms with Gasteiger partial charge in [-0.15, -0.1) is 0 Å². The molecule has 1 heterocycles. The van der Waals surface area contributed by atoms with Crippen LogP contribution in [0, 0.1) is 0 Å². The minimum Gasteiger partial charge on any atom is -0.269 e. The maximum absolute atomic E-state index is 12.4. The highest BCUT2D eigenvalue weighted by Gasteiger charge is 2.34. The smallest absolute Gasteiger partial charge is 0.269 e. The summed E-state index contributed by atoms with van der Waals surface area (Å²) in [6.45, 7) is 1.76. The van der Waals surface area contributed by atoms with Gasteiger partial charge in [0.1, 0.15) is 5.69 Å². The van der Waals surface area contributed by atoms with Crippen molar-refractivity contribution in [2.24, 2.45) is 15.3 Å². The molecule has 0 saturated carbocycles. The van der Waals surface area contributed by atoms with E-state index >= 15 is 0 Å². The van der Waals surface area contributed by atoms with E-state index in [-0.39, 0.29) is 5.91 Å². The predicted molar refractivity (Wildman–Crippen MR) is 86.8 cm³/mol. The van der Waals surface area contributed by atoms with Gasteiger partial charge in [-0.2, -0.15) is 20.3 Å². The third-order valence-corrected chi connectivity index (χ3v) is 3.55. The monoisotopic (exact) mass is 312 g/mol. The van der Waals surface area contributed by atoms with Gasteiger partial charge < -0.3 is 0 Å². The van der Waals surface area contributed by atoms with Gasteiger partial charge in [0.15, 0.2) is 6.04 Å². The molecule has 1 unspecified atom stereocenters. The molecule has 0 radical (unpaired) electrons. The Morgan fingerprint density at radius 3 is 2.50 bits per heavy atom. The number of nitrogens with zero attached hydrogens (tertiary/aromatic N) is 4. The zero-order chi connectivity index (χ0) is 15.5. The fourth-order valence-corrected chi connectivity index (χ4v) is 2.27. The van der Waals surface area contributed by atoms with Crippen LogP contribution in [0.5, 0.6) is 0 Å². The normalized spacial score (nSPS) is 18.1. The summed E-state index contributed by atoms with van der Waals surface area (Å²) in [4.78, 5) is 12.4. The van der Waals surface area contributed by atoms with Crippen molar-refractivity contribution < 1.29 is 4.79 Å². The summed E-state index contributed by atoms with van der Waals surface area (Å²) in [5.41, 5.74) is 1.84. The number of carbonyl (C=O) groups is 1. The highest BCUT2D eigenvalue weighted by atomic mass is 35.5. The van der Waals surface area contributed by atoms with E-state index in [0.29, 0.717) is 22.1 Å². The van der Waals surface area contributed by atoms with Crippen LogP contribution < -0.4 is 5.01 Å². The van der Waals surface area contributed by atoms with E-state index in [1.165, 1.54) is 5.01 Å². The fraction of sp³-hybridized carbons (Fsp3) is 0.125. The predicted octanol–water partition coefficient (Wildman–Crippen LogP) is 4.22. The van der Waals surface area contributed by atoms with Crippen LogP contribution in [-0.4, -0.2) is 17.7 Å². The second-order valence-corrected chi connectivity index (χ2v) is 5.20. The molecule has 2 aromatic carbocycles. The van der Waals surface area contributed by atoms with Crippen molar-refractivity contribution >= 4 is 34.6 Å². The number of azo groups is 1. The number of hydrogen-bond acceptors (Lipinski definition) is 4. The van der Waals surface area contributed by atoms with E-state index in [1.807, 2.05) is 42.5 Å². The van der Waals surface area contributed by atoms with Gasteiger partial charge in [0.05, 0.1) is 16.4 Å². The Morgan fingerprint density at radius 1 is 1.09 bits per heavy atom. The Balaban J connectivity index is 1.83. The lowest BCUT2D eigenvalue weighted by atomic mass is 10.2. The lowest BCUT2D eigenvalue weighted by Crippen LogP contribution is -2.29. The minimum atomic E-state index is -0.712. The van der Waals surface area contributed by atoms with Crippen molar-refractivity contribution in [2.45, 2.75) is 13.0 Å². The molecule has 0 spiro atoms. The third-order valence-electron chi connectivity index (χ3n) is 3.23. The summed E-state index contributed by atoms with van der Waals surface area (Å²) in [6, 6.07) is 15.6. The largest absolute Gasteiger partial charge is 0.280 e. The first-order valence-electron chi connectivity index (χ1n) is 6.76. The molecule has 110 valence electrons. The topological polar surface area (TPSA) is 57.4 Å². The molecule has 22 heavy (non-hydrogen) atoms. The lowest BCUT2D eigenvalue weighted by Gasteiger charge is -2.11. The quantitative estimate of drug-likeness (QED) is 0.783. The van der Waals surface area contributed by atoms with Crippen LogP contribution in [0.15, 0.2) is 69.9 Å². The molecule has 3 rings (SSSR count). The first-order chi connectivity index (χ1) is 10.7. The van der Waals surface area contributed by atoms with Crippen molar-refractivity contribution in [3.63, 3.8) is 0 Å². The Kier molecular flexibility index (Phi) is 3.98. The van der Waals surface area contributed by atoms with Crippen molar-refractivity contribution in [2.75, 3.05) is 5.01 Å². The standard InChI is InChI=1S/C16H13ClN4O/c1-11-15(19-18-14-10-6-5-9-13(14)17)16(22)21(20-11)12-7-3-2-4-8-12/h2-10,15H,1H3. The van der Waals surface area contributed by atoms with E-state index in [9.17, 15) is 4.79 Å². The Morgan fingerprint density at radius 2 is 1.77 bits per heavy atom. The minimum absolute atomic E-state index is 0.223. The molecule has 0 saturated heterocycles. The molecule has 0 bridgehead atoms. The average molecular weight is 313 g/mol. The number of rotatable bonds is 3. The van der Waals surface area contributed by atoms with Gasteiger partial charge in [-0.3, -0.25) is 4.79 Å². The van der Waals surface area contributed by atoms with Crippen LogP contribution in [0.25, 0.3) is 0 Å². The SMILES string of the molecule is CC1=NN(c2ccccc2)C(=O)C1N=Nc1ccccc1Cl. The summed E-state index contributed by atoms with van der Waals surface area (Å²) < 4.78 is 0. The molecule has 0 aliphatic carbocycles. The number of amides is 1. The van der Waals surface area contributed by atoms with Gasteiger partial charge in [0.25, 0.3) is 5.91 Å². The molecule has 0 aromatic heterocycles. The Labute approximate surface area is 132 Å². The fourth-order valence-electron chi connectivity index (χ4n) is 2.10. The number of halogens is 1. The maximum atomic E-state index is 12.4. The first-order valence-corrected chi connectivity index (χ1v) is 7.14. The molecular formula is C16H13ClN4O. The number of hydrogen-bond donors (Lipinski definition) is 0. The van der Waals surface area contributed by atoms with Crippen molar-refractivity contribution in [3.05, 3.63) is 59.6 Å². The van der Waals surface area contributed by atoms with Gasteiger partial charge >= 0.3 is 0 Å². The summed E-state index contributed by atoms with van der Waals surface area (Å²) in [5.74, 6) is -0.223. The molecule has 6 heteroatoms. The van der Waals surface area contributed by atoms with E-state index in [4.69, 9.17) is 11.6 Å². The van der Waals surface area contributed by atoms with E-state index < -0.39 is 6.04 Å². The molecule has 0 N–H and O–H groups in total. The van der Waals surface area contributed by atoms with Crippen molar-refractivity contribution in [3.8, 4) is 0 Å². The highest BCUT2D eigenvalue weighted by molar-refractivity contribution is 6.32. The molecule has 0 fully saturated rings. The lowest BCUT2D eigenvalue weighted by molar-refractivity contribution is -0.117. The summed E-state index contributed by atoms with van der Waals surface area (Å²) in [7, 11) is 0. The second-order valence-electron chi connectivity index (χ2n) is 4.80. The highest BCUT2D eigenvalue weighted by Crippen LogP contribution is 2.26. The van der Waals surface area contributed by atoms with Crippen molar-refractivity contribution in [1.82, 2.24) is 0 Å². The molecule has 1 aliphatic rings. The van der Waals surface area contributed by atoms with Crippen molar-refractivity contribution in [1.29, 1.82) is 0 Å². The zero-order valence-electron chi connectivity index (χ0n) is 11.8. The Hall–Kier alpha value is -2.53. The zero-order valence-corrected chi connectivity index (χ0v) is 12.6. The van der Waals surface area contributed by atoms with Crippen LogP contribution in [0.2, 0.25) is 5.02 Å². The summed E-state index contributed by atoms with van der Waals surface area (Å²) >= 11 is 6.03. The summed E-state index contributed by atoms with van der Waals surface area (Å²) in [5, 5.41) is 14.3. The average Bonchev–Trinajstić information content (AvgIpc) is 2.82. The molecule has 1 aliphatic heterocycles. The second kappa shape index (κ2) is 6.07. The number of benzene rings is 2. The van der Waals surface area contributed by atoms with Crippen LogP contribution >= 0.6 is 11.6 Å².